The van der Waals surface area contributed by atoms with Gasteiger partial charge in [-0.3, -0.25) is 0 Å². The van der Waals surface area contributed by atoms with Crippen LogP contribution in [0.15, 0.2) is 25.3 Å². The first-order chi connectivity index (χ1) is 62.3. The standard InChI is InChI=1S/C17H24S.5C15H22N2.2C15H21NS/c1-9-10(2)15(17(6,7)8)14-12(4)13(5)18-16(14)11(9)3;1-9-10(2)14-13(16-8-17(14)7)11(3)12(9)15(4,5)6;1-9-10(2)13-14(17(7)8-16-13)11(3)12(9)15(4,5)6;1-9-10(2)12(15(4,5)6)13-14(11(9)3)17(7)8-16-13;1-9-10(2)12(15(4,5)6)14-13(11(9)3)16-8-17(14)7;2*1-8-9(2)13-14(17-11(4)16-13)10(3)12(8)15(5,6)7;1-8-9(2)12(15(5,6)7)14-13(10(8)3)16-11(4)17-14/h1-8H3;4*8H,1-7H3;1-7H3,(H,16,17);2*1-7H3. The molecule has 0 fully saturated rings. The number of benzene rings is 8. The lowest BCUT2D eigenvalue weighted by atomic mass is 9.78. The molecule has 0 saturated carbocycles. The smallest absolute Gasteiger partial charge is 0.104 e. The van der Waals surface area contributed by atoms with E-state index in [0.29, 0.717) is 0 Å². The molecular weight excluding hydrogens is 1730 g/mol. The summed E-state index contributed by atoms with van der Waals surface area (Å²) in [7, 11) is 8.30. The van der Waals surface area contributed by atoms with E-state index in [0.717, 1.165) is 32.9 Å². The Morgan fingerprint density at radius 3 is 0.920 bits per heavy atom. The molecule has 16 aromatic rings. The van der Waals surface area contributed by atoms with Crippen LogP contribution in [0.5, 0.6) is 0 Å². The molecule has 0 atom stereocenters. The van der Waals surface area contributed by atoms with Gasteiger partial charge in [0.2, 0.25) is 0 Å². The Hall–Kier alpha value is -9.15. The fourth-order valence-electron chi connectivity index (χ4n) is 22.9. The van der Waals surface area contributed by atoms with Gasteiger partial charge in [-0.05, 0) is 433 Å². The summed E-state index contributed by atoms with van der Waals surface area (Å²) < 4.78 is 12.8. The van der Waals surface area contributed by atoms with Crippen LogP contribution >= 0.6 is 34.0 Å². The summed E-state index contributed by atoms with van der Waals surface area (Å²) in [6.45, 7) is 119. The highest BCUT2D eigenvalue weighted by molar-refractivity contribution is 7.19. The maximum absolute atomic E-state index is 4.71. The SMILES string of the molecule is Cc1c(C(C)(C)C)c(C)c2c(ncn2C)c1C.Cc1c(C(C)(C)C)c(C)c2ncn(C)c2c1C.Cc1c(C)c(C(C)(C)C)c2c(ncn2C)c1C.Cc1c(C)c(C)c2c(ncn2C)c1C(C)(C)C.Cc1nc2c(C)c(C(C)(C)C)c(C)c(C)c2[nH]1.Cc1nc2c(C)c(C)c(C(C)(C)C)c(C)c2s1.Cc1nc2c(C)c(C)c(C)c(C(C)(C)C)c2s1.Cc1sc2c(C)c(C)c(C)c(C(C)(C)C)c2c1C. The van der Waals surface area contributed by atoms with Crippen LogP contribution in [0.25, 0.3) is 85.7 Å². The van der Waals surface area contributed by atoms with Crippen LogP contribution in [-0.4, -0.2) is 58.1 Å². The minimum absolute atomic E-state index is 0.134. The molecule has 0 unspecified atom stereocenters. The lowest BCUT2D eigenvalue weighted by Crippen LogP contribution is -2.16. The van der Waals surface area contributed by atoms with Crippen molar-refractivity contribution in [3.63, 3.8) is 0 Å². The highest BCUT2D eigenvalue weighted by Gasteiger charge is 2.33. The van der Waals surface area contributed by atoms with E-state index in [1.807, 2.05) is 66.2 Å². The fraction of sp³-hybridized carbons (Fsp3) is 0.533. The van der Waals surface area contributed by atoms with Crippen molar-refractivity contribution in [2.24, 2.45) is 28.2 Å². The number of hydrogen-bond acceptors (Lipinski definition) is 10. The number of aromatic amines is 1. The van der Waals surface area contributed by atoms with Crippen molar-refractivity contribution >= 4 is 120 Å². The number of rotatable bonds is 0. The molecule has 137 heavy (non-hydrogen) atoms. The molecule has 0 aliphatic heterocycles. The summed E-state index contributed by atoms with van der Waals surface area (Å²) in [5, 5.41) is 3.85. The van der Waals surface area contributed by atoms with Gasteiger partial charge >= 0.3 is 0 Å². The first-order valence-electron chi connectivity index (χ1n) is 49.7. The Balaban J connectivity index is 0.000000175. The lowest BCUT2D eigenvalue weighted by Gasteiger charge is -2.26. The van der Waals surface area contributed by atoms with E-state index in [-0.39, 0.29) is 43.3 Å². The average molecular weight is 1910 g/mol. The Labute approximate surface area is 839 Å². The number of fused-ring (bicyclic) bond motifs is 8. The second-order valence-corrected chi connectivity index (χ2v) is 52.2. The topological polar surface area (TPSA) is 126 Å². The first-order valence-corrected chi connectivity index (χ1v) is 52.2. The van der Waals surface area contributed by atoms with E-state index in [2.05, 4.69) is 441 Å². The number of H-pyrrole nitrogens is 1. The maximum atomic E-state index is 4.71. The number of nitrogens with zero attached hydrogens (tertiary/aromatic N) is 11. The third kappa shape index (κ3) is 21.6. The summed E-state index contributed by atoms with van der Waals surface area (Å²) >= 11 is 5.61. The number of hydrogen-bond donors (Lipinski definition) is 1. The molecule has 8 aromatic carbocycles. The highest BCUT2D eigenvalue weighted by atomic mass is 32.1. The van der Waals surface area contributed by atoms with Gasteiger partial charge < -0.3 is 23.3 Å². The van der Waals surface area contributed by atoms with Crippen LogP contribution in [-0.2, 0) is 71.5 Å². The summed E-state index contributed by atoms with van der Waals surface area (Å²) in [5.74, 6) is 0.997. The van der Waals surface area contributed by atoms with E-state index < -0.39 is 0 Å². The minimum Gasteiger partial charge on any atom is -0.342 e. The van der Waals surface area contributed by atoms with Crippen molar-refractivity contribution in [3.8, 4) is 0 Å². The van der Waals surface area contributed by atoms with E-state index in [9.17, 15) is 0 Å². The van der Waals surface area contributed by atoms with E-state index in [1.54, 1.807) is 5.56 Å². The number of thiazole rings is 2. The Morgan fingerprint density at radius 1 is 0.204 bits per heavy atom. The van der Waals surface area contributed by atoms with Gasteiger partial charge in [0.25, 0.3) is 0 Å². The summed E-state index contributed by atoms with van der Waals surface area (Å²) in [4.78, 5) is 37.1. The van der Waals surface area contributed by atoms with Crippen molar-refractivity contribution in [2.45, 2.75) is 410 Å². The van der Waals surface area contributed by atoms with Crippen molar-refractivity contribution in [1.29, 1.82) is 0 Å². The third-order valence-corrected chi connectivity index (χ3v) is 33.3. The van der Waals surface area contributed by atoms with Crippen LogP contribution in [0, 0.1) is 201 Å². The zero-order valence-electron chi connectivity index (χ0n) is 96.5. The van der Waals surface area contributed by atoms with Gasteiger partial charge in [0.05, 0.1) is 111 Å². The van der Waals surface area contributed by atoms with Crippen molar-refractivity contribution in [3.05, 3.63) is 230 Å². The van der Waals surface area contributed by atoms with Crippen LogP contribution in [0.1, 0.15) is 370 Å². The average Bonchev–Trinajstić information content (AvgIpc) is 1.59. The van der Waals surface area contributed by atoms with Gasteiger partial charge in [0.15, 0.2) is 0 Å². The number of thiophene rings is 1. The zero-order valence-corrected chi connectivity index (χ0v) is 98.9. The van der Waals surface area contributed by atoms with E-state index in [1.165, 1.54) is 252 Å². The molecule has 15 heteroatoms. The molecule has 0 bridgehead atoms. The third-order valence-electron chi connectivity index (χ3n) is 29.9. The number of aromatic nitrogens is 12. The fourth-order valence-corrected chi connectivity index (χ4v) is 26.4. The second kappa shape index (κ2) is 39.7. The van der Waals surface area contributed by atoms with E-state index in [4.69, 9.17) is 4.98 Å². The van der Waals surface area contributed by atoms with E-state index >= 15 is 0 Å². The molecule has 0 aliphatic rings. The number of imidazole rings is 5. The van der Waals surface area contributed by atoms with Gasteiger partial charge in [-0.25, -0.2) is 34.9 Å². The quantitative estimate of drug-likeness (QED) is 0.160. The number of aryl methyl sites for hydroxylation is 21. The Bertz CT molecular complexity index is 7110. The first kappa shape index (κ1) is 111. The van der Waals surface area contributed by atoms with Crippen molar-refractivity contribution < 1.29 is 0 Å². The summed E-state index contributed by atoms with van der Waals surface area (Å²) in [5.41, 5.74) is 62.2. The molecule has 8 aromatic heterocycles. The predicted molar refractivity (Wildman–Crippen MR) is 607 cm³/mol. The zero-order chi connectivity index (χ0) is 105. The van der Waals surface area contributed by atoms with Crippen LogP contribution < -0.4 is 0 Å². The van der Waals surface area contributed by atoms with Gasteiger partial charge in [0, 0.05) is 37.8 Å². The van der Waals surface area contributed by atoms with Crippen LogP contribution in [0.3, 0.4) is 0 Å². The normalized spacial score (nSPS) is 12.4. The maximum Gasteiger partial charge on any atom is 0.104 e. The molecular formula is C122H176N12S3. The van der Waals surface area contributed by atoms with Crippen molar-refractivity contribution in [2.75, 3.05) is 0 Å². The van der Waals surface area contributed by atoms with Crippen LogP contribution in [0.4, 0.5) is 0 Å². The summed E-state index contributed by atoms with van der Waals surface area (Å²) in [6, 6.07) is 0. The highest BCUT2D eigenvalue weighted by Crippen LogP contribution is 2.48. The van der Waals surface area contributed by atoms with Gasteiger partial charge in [0.1, 0.15) is 5.82 Å². The molecule has 0 spiro atoms. The number of nitrogens with one attached hydrogen (secondary N) is 1. The molecule has 0 amide bonds. The molecule has 0 radical (unpaired) electrons. The Kier molecular flexibility index (Phi) is 32.3. The molecule has 742 valence electrons. The molecule has 0 aliphatic carbocycles. The van der Waals surface area contributed by atoms with Gasteiger partial charge in [-0.1, -0.05) is 166 Å². The molecule has 1 N–H and O–H groups in total. The predicted octanol–water partition coefficient (Wildman–Crippen LogP) is 34.7. The van der Waals surface area contributed by atoms with Gasteiger partial charge in [-0.2, -0.15) is 0 Å². The molecule has 0 saturated heterocycles. The van der Waals surface area contributed by atoms with Crippen LogP contribution in [0.2, 0.25) is 0 Å². The Morgan fingerprint density at radius 2 is 0.482 bits per heavy atom. The lowest BCUT2D eigenvalue weighted by molar-refractivity contribution is 0.581. The largest absolute Gasteiger partial charge is 0.342 e. The van der Waals surface area contributed by atoms with Crippen molar-refractivity contribution in [1.82, 2.24) is 58.1 Å². The molecule has 12 nitrogen and oxygen atoms in total. The second-order valence-electron chi connectivity index (χ2n) is 48.6. The summed E-state index contributed by atoms with van der Waals surface area (Å²) in [6.07, 6.45) is 7.67. The molecule has 8 heterocycles. The molecule has 16 rings (SSSR count). The minimum atomic E-state index is 0.134. The monoisotopic (exact) mass is 1910 g/mol. The van der Waals surface area contributed by atoms with Gasteiger partial charge in [-0.15, -0.1) is 34.0 Å².